The Balaban J connectivity index is 1.52. The van der Waals surface area contributed by atoms with Crippen LogP contribution in [0, 0.1) is 11.7 Å². The van der Waals surface area contributed by atoms with Crippen LogP contribution in [-0.4, -0.2) is 38.8 Å². The smallest absolute Gasteiger partial charge is 0.225 e. The normalized spacial score (nSPS) is 18.8. The van der Waals surface area contributed by atoms with E-state index >= 15 is 0 Å². The van der Waals surface area contributed by atoms with Gasteiger partial charge >= 0.3 is 0 Å². The van der Waals surface area contributed by atoms with Crippen LogP contribution in [0.2, 0.25) is 0 Å². The number of carbonyl (C=O) groups excluding carboxylic acids is 1. The summed E-state index contributed by atoms with van der Waals surface area (Å²) in [5.74, 6) is -0.0679. The second kappa shape index (κ2) is 7.13. The molecule has 1 aliphatic rings. The molecule has 0 radical (unpaired) electrons. The van der Waals surface area contributed by atoms with E-state index in [1.54, 1.807) is 15.6 Å². The van der Waals surface area contributed by atoms with Crippen molar-refractivity contribution in [2.45, 2.75) is 25.4 Å². The average molecular weight is 331 g/mol. The monoisotopic (exact) mass is 331 g/mol. The SMILES string of the molecule is Cn1cc(CC2CCN(C(=O)CC(O)c3cccc(F)c3)C2)cn1. The highest BCUT2D eigenvalue weighted by atomic mass is 19.1. The number of aromatic nitrogens is 2. The van der Waals surface area contributed by atoms with Gasteiger partial charge in [-0.25, -0.2) is 4.39 Å². The zero-order valence-corrected chi connectivity index (χ0v) is 13.7. The zero-order chi connectivity index (χ0) is 17.1. The van der Waals surface area contributed by atoms with Gasteiger partial charge in [0, 0.05) is 26.3 Å². The van der Waals surface area contributed by atoms with Gasteiger partial charge in [0.2, 0.25) is 5.91 Å². The summed E-state index contributed by atoms with van der Waals surface area (Å²) in [4.78, 5) is 14.2. The van der Waals surface area contributed by atoms with E-state index in [9.17, 15) is 14.3 Å². The summed E-state index contributed by atoms with van der Waals surface area (Å²) < 4.78 is 15.0. The van der Waals surface area contributed by atoms with Crippen LogP contribution in [0.5, 0.6) is 0 Å². The summed E-state index contributed by atoms with van der Waals surface area (Å²) in [7, 11) is 1.89. The van der Waals surface area contributed by atoms with Crippen molar-refractivity contribution in [2.24, 2.45) is 13.0 Å². The average Bonchev–Trinajstić information content (AvgIpc) is 3.17. The van der Waals surface area contributed by atoms with E-state index in [2.05, 4.69) is 5.10 Å². The van der Waals surface area contributed by atoms with Crippen LogP contribution in [0.25, 0.3) is 0 Å². The van der Waals surface area contributed by atoms with Crippen LogP contribution < -0.4 is 0 Å². The van der Waals surface area contributed by atoms with Gasteiger partial charge in [-0.1, -0.05) is 12.1 Å². The summed E-state index contributed by atoms with van der Waals surface area (Å²) >= 11 is 0. The number of aliphatic hydroxyl groups is 1. The first-order chi connectivity index (χ1) is 11.5. The minimum atomic E-state index is -0.967. The molecule has 1 fully saturated rings. The fraction of sp³-hybridized carbons (Fsp3) is 0.444. The van der Waals surface area contributed by atoms with E-state index in [0.717, 1.165) is 12.8 Å². The van der Waals surface area contributed by atoms with Crippen molar-refractivity contribution >= 4 is 5.91 Å². The lowest BCUT2D eigenvalue weighted by atomic mass is 10.0. The van der Waals surface area contributed by atoms with Crippen LogP contribution in [0.15, 0.2) is 36.7 Å². The molecular weight excluding hydrogens is 309 g/mol. The van der Waals surface area contributed by atoms with Gasteiger partial charge in [0.15, 0.2) is 0 Å². The number of nitrogens with zero attached hydrogens (tertiary/aromatic N) is 3. The van der Waals surface area contributed by atoms with E-state index in [1.165, 1.54) is 23.8 Å². The lowest BCUT2D eigenvalue weighted by molar-refractivity contribution is -0.132. The molecule has 6 heteroatoms. The standard InChI is InChI=1S/C18H22FN3O2/c1-21-11-14(10-20-21)7-13-5-6-22(12-13)18(24)9-17(23)15-3-2-4-16(19)8-15/h2-4,8,10-11,13,17,23H,5-7,9,12H2,1H3. The van der Waals surface area contributed by atoms with Crippen molar-refractivity contribution in [3.8, 4) is 0 Å². The molecule has 5 nitrogen and oxygen atoms in total. The number of halogens is 1. The van der Waals surface area contributed by atoms with Gasteiger partial charge in [0.05, 0.1) is 18.7 Å². The fourth-order valence-corrected chi connectivity index (χ4v) is 3.26. The molecule has 0 saturated carbocycles. The van der Waals surface area contributed by atoms with Gasteiger partial charge in [0.25, 0.3) is 0 Å². The number of amides is 1. The van der Waals surface area contributed by atoms with Crippen molar-refractivity contribution in [1.82, 2.24) is 14.7 Å². The number of aliphatic hydroxyl groups excluding tert-OH is 1. The second-order valence-electron chi connectivity index (χ2n) is 6.50. The first-order valence-corrected chi connectivity index (χ1v) is 8.20. The highest BCUT2D eigenvalue weighted by Crippen LogP contribution is 2.24. The number of rotatable bonds is 5. The summed E-state index contributed by atoms with van der Waals surface area (Å²) in [5.41, 5.74) is 1.62. The Hall–Kier alpha value is -2.21. The Labute approximate surface area is 140 Å². The molecule has 2 aromatic rings. The molecule has 128 valence electrons. The zero-order valence-electron chi connectivity index (χ0n) is 13.7. The van der Waals surface area contributed by atoms with Crippen molar-refractivity contribution in [2.75, 3.05) is 13.1 Å². The quantitative estimate of drug-likeness (QED) is 0.912. The fourth-order valence-electron chi connectivity index (χ4n) is 3.26. The Morgan fingerprint density at radius 1 is 1.50 bits per heavy atom. The topological polar surface area (TPSA) is 58.4 Å². The van der Waals surface area contributed by atoms with Gasteiger partial charge in [-0.15, -0.1) is 0 Å². The third-order valence-electron chi connectivity index (χ3n) is 4.52. The number of likely N-dealkylation sites (tertiary alicyclic amines) is 1. The summed E-state index contributed by atoms with van der Waals surface area (Å²) in [6, 6.07) is 5.77. The largest absolute Gasteiger partial charge is 0.388 e. The molecule has 2 atom stereocenters. The van der Waals surface area contributed by atoms with E-state index in [-0.39, 0.29) is 12.3 Å². The summed E-state index contributed by atoms with van der Waals surface area (Å²) in [6.07, 6.45) is 4.74. The third kappa shape index (κ3) is 4.00. The number of benzene rings is 1. The van der Waals surface area contributed by atoms with Crippen LogP contribution in [0.3, 0.4) is 0 Å². The van der Waals surface area contributed by atoms with E-state index in [1.807, 2.05) is 19.4 Å². The molecule has 0 bridgehead atoms. The Morgan fingerprint density at radius 3 is 3.04 bits per heavy atom. The Bertz CT molecular complexity index is 716. The maximum absolute atomic E-state index is 13.2. The molecule has 1 amide bonds. The molecule has 1 N–H and O–H groups in total. The van der Waals surface area contributed by atoms with E-state index in [4.69, 9.17) is 0 Å². The third-order valence-corrected chi connectivity index (χ3v) is 4.52. The number of aryl methyl sites for hydroxylation is 1. The number of carbonyl (C=O) groups is 1. The van der Waals surface area contributed by atoms with Crippen LogP contribution in [0.1, 0.15) is 30.1 Å². The minimum Gasteiger partial charge on any atom is -0.388 e. The van der Waals surface area contributed by atoms with Gasteiger partial charge < -0.3 is 10.0 Å². The summed E-state index contributed by atoms with van der Waals surface area (Å²) in [5, 5.41) is 14.3. The molecule has 2 unspecified atom stereocenters. The lowest BCUT2D eigenvalue weighted by Gasteiger charge is -2.19. The van der Waals surface area contributed by atoms with Gasteiger partial charge in [-0.05, 0) is 42.0 Å². The molecule has 1 saturated heterocycles. The molecule has 0 spiro atoms. The number of hydrogen-bond donors (Lipinski definition) is 1. The lowest BCUT2D eigenvalue weighted by Crippen LogP contribution is -2.30. The molecule has 1 aromatic heterocycles. The predicted octanol–water partition coefficient (Wildman–Crippen LogP) is 2.07. The first kappa shape index (κ1) is 16.6. The number of hydrogen-bond acceptors (Lipinski definition) is 3. The molecular formula is C18H22FN3O2. The van der Waals surface area contributed by atoms with Gasteiger partial charge in [-0.3, -0.25) is 9.48 Å². The predicted molar refractivity (Wildman–Crippen MR) is 87.6 cm³/mol. The Kier molecular flexibility index (Phi) is 4.94. The first-order valence-electron chi connectivity index (χ1n) is 8.20. The van der Waals surface area contributed by atoms with Crippen LogP contribution >= 0.6 is 0 Å². The highest BCUT2D eigenvalue weighted by Gasteiger charge is 2.28. The van der Waals surface area contributed by atoms with Gasteiger partial charge in [0.1, 0.15) is 5.82 Å². The highest BCUT2D eigenvalue weighted by molar-refractivity contribution is 5.77. The summed E-state index contributed by atoms with van der Waals surface area (Å²) in [6.45, 7) is 1.41. The van der Waals surface area contributed by atoms with Crippen molar-refractivity contribution in [1.29, 1.82) is 0 Å². The maximum atomic E-state index is 13.2. The molecule has 3 rings (SSSR count). The van der Waals surface area contributed by atoms with Gasteiger partial charge in [-0.2, -0.15) is 5.10 Å². The molecule has 1 aliphatic heterocycles. The molecule has 24 heavy (non-hydrogen) atoms. The minimum absolute atomic E-state index is 0.0108. The van der Waals surface area contributed by atoms with Crippen molar-refractivity contribution < 1.29 is 14.3 Å². The van der Waals surface area contributed by atoms with E-state index < -0.39 is 11.9 Å². The van der Waals surface area contributed by atoms with Crippen LogP contribution in [0.4, 0.5) is 4.39 Å². The molecule has 0 aliphatic carbocycles. The van der Waals surface area contributed by atoms with E-state index in [0.29, 0.717) is 24.6 Å². The second-order valence-corrected chi connectivity index (χ2v) is 6.50. The maximum Gasteiger partial charge on any atom is 0.225 e. The molecule has 1 aromatic carbocycles. The van der Waals surface area contributed by atoms with Crippen molar-refractivity contribution in [3.05, 3.63) is 53.6 Å². The van der Waals surface area contributed by atoms with Crippen molar-refractivity contribution in [3.63, 3.8) is 0 Å². The Morgan fingerprint density at radius 2 is 2.33 bits per heavy atom. The van der Waals surface area contributed by atoms with Crippen LogP contribution in [-0.2, 0) is 18.3 Å². The molecule has 2 heterocycles.